The Morgan fingerprint density at radius 1 is 1.32 bits per heavy atom. The summed E-state index contributed by atoms with van der Waals surface area (Å²) in [7, 11) is 0. The maximum Gasteiger partial charge on any atom is 0.328 e. The number of urea groups is 1. The lowest BCUT2D eigenvalue weighted by molar-refractivity contribution is -0.123. The fourth-order valence-electron chi connectivity index (χ4n) is 2.08. The highest BCUT2D eigenvalue weighted by Crippen LogP contribution is 2.23. The lowest BCUT2D eigenvalue weighted by Gasteiger charge is -2.33. The van der Waals surface area contributed by atoms with E-state index in [0.717, 1.165) is 4.90 Å². The molecular weight excluding hydrogens is 242 g/mol. The van der Waals surface area contributed by atoms with Crippen LogP contribution >= 0.6 is 0 Å². The smallest absolute Gasteiger partial charge is 0.328 e. The monoisotopic (exact) mass is 257 g/mol. The molecule has 1 aromatic rings. The van der Waals surface area contributed by atoms with Crippen LogP contribution in [0.3, 0.4) is 0 Å². The summed E-state index contributed by atoms with van der Waals surface area (Å²) in [6, 6.07) is 8.00. The zero-order valence-corrected chi connectivity index (χ0v) is 10.9. The minimum Gasteiger partial charge on any atom is -0.337 e. The second-order valence-corrected chi connectivity index (χ2v) is 4.87. The second-order valence-electron chi connectivity index (χ2n) is 4.87. The summed E-state index contributed by atoms with van der Waals surface area (Å²) in [5.41, 5.74) is 0.987. The topological polar surface area (TPSA) is 73.2 Å². The molecule has 19 heavy (non-hydrogen) atoms. The molecule has 2 rings (SSSR count). The zero-order valence-electron chi connectivity index (χ0n) is 10.9. The van der Waals surface area contributed by atoms with Crippen LogP contribution in [0.15, 0.2) is 24.3 Å². The Morgan fingerprint density at radius 3 is 2.47 bits per heavy atom. The third-order valence-corrected chi connectivity index (χ3v) is 3.27. The van der Waals surface area contributed by atoms with Crippen molar-refractivity contribution in [2.75, 3.05) is 11.4 Å². The van der Waals surface area contributed by atoms with Crippen LogP contribution in [-0.4, -0.2) is 18.5 Å². The van der Waals surface area contributed by atoms with Gasteiger partial charge in [-0.2, -0.15) is 5.26 Å². The van der Waals surface area contributed by atoms with Crippen LogP contribution in [0.2, 0.25) is 0 Å². The van der Waals surface area contributed by atoms with Gasteiger partial charge >= 0.3 is 6.03 Å². The Hall–Kier alpha value is -2.35. The Labute approximate surface area is 111 Å². The molecule has 1 N–H and O–H groups in total. The highest BCUT2D eigenvalue weighted by molar-refractivity contribution is 6.16. The fourth-order valence-corrected chi connectivity index (χ4v) is 2.08. The first-order valence-corrected chi connectivity index (χ1v) is 6.16. The van der Waals surface area contributed by atoms with Gasteiger partial charge in [-0.25, -0.2) is 9.69 Å². The number of hydrogen-bond donors (Lipinski definition) is 1. The number of nitriles is 1. The summed E-state index contributed by atoms with van der Waals surface area (Å²) in [4.78, 5) is 25.3. The van der Waals surface area contributed by atoms with Crippen molar-refractivity contribution in [3.05, 3.63) is 29.8 Å². The number of nitrogens with one attached hydrogen (secondary N) is 1. The molecular formula is C14H15N3O2. The van der Waals surface area contributed by atoms with Gasteiger partial charge in [-0.3, -0.25) is 4.79 Å². The molecule has 1 unspecified atom stereocenters. The van der Waals surface area contributed by atoms with Gasteiger partial charge in [0, 0.05) is 6.54 Å². The van der Waals surface area contributed by atoms with Crippen LogP contribution in [0, 0.1) is 23.2 Å². The molecule has 5 nitrogen and oxygen atoms in total. The van der Waals surface area contributed by atoms with Gasteiger partial charge in [-0.05, 0) is 30.2 Å². The molecule has 0 spiro atoms. The van der Waals surface area contributed by atoms with Gasteiger partial charge in [-0.1, -0.05) is 13.8 Å². The van der Waals surface area contributed by atoms with Crippen LogP contribution in [0.4, 0.5) is 10.5 Å². The number of hydrogen-bond acceptors (Lipinski definition) is 3. The van der Waals surface area contributed by atoms with E-state index in [9.17, 15) is 9.59 Å². The minimum atomic E-state index is -0.411. The number of amides is 3. The number of rotatable bonds is 2. The van der Waals surface area contributed by atoms with Crippen molar-refractivity contribution in [3.63, 3.8) is 0 Å². The summed E-state index contributed by atoms with van der Waals surface area (Å²) < 4.78 is 0. The SMILES string of the molecule is CC(C)C1CNC(=O)N(c2ccc(C#N)cc2)C1=O. The average Bonchev–Trinajstić information content (AvgIpc) is 2.39. The van der Waals surface area contributed by atoms with Crippen molar-refractivity contribution in [3.8, 4) is 6.07 Å². The molecule has 1 heterocycles. The summed E-state index contributed by atoms with van der Waals surface area (Å²) in [6.07, 6.45) is 0. The lowest BCUT2D eigenvalue weighted by Crippen LogP contribution is -2.56. The Balaban J connectivity index is 2.32. The predicted octanol–water partition coefficient (Wildman–Crippen LogP) is 1.89. The van der Waals surface area contributed by atoms with E-state index >= 15 is 0 Å². The second kappa shape index (κ2) is 5.11. The first-order chi connectivity index (χ1) is 9.04. The molecule has 3 amide bonds. The Kier molecular flexibility index (Phi) is 3.52. The van der Waals surface area contributed by atoms with Gasteiger partial charge in [-0.15, -0.1) is 0 Å². The number of benzene rings is 1. The molecule has 1 atom stereocenters. The van der Waals surface area contributed by atoms with Gasteiger partial charge in [0.15, 0.2) is 0 Å². The van der Waals surface area contributed by atoms with E-state index in [0.29, 0.717) is 17.8 Å². The molecule has 5 heteroatoms. The number of carbonyl (C=O) groups excluding carboxylic acids is 2. The van der Waals surface area contributed by atoms with Crippen molar-refractivity contribution >= 4 is 17.6 Å². The van der Waals surface area contributed by atoms with Crippen LogP contribution in [0.25, 0.3) is 0 Å². The van der Waals surface area contributed by atoms with Crippen LogP contribution in [0.1, 0.15) is 19.4 Å². The van der Waals surface area contributed by atoms with Crippen LogP contribution < -0.4 is 10.2 Å². The molecule has 0 aromatic heterocycles. The lowest BCUT2D eigenvalue weighted by atomic mass is 9.92. The number of anilines is 1. The van der Waals surface area contributed by atoms with E-state index in [1.807, 2.05) is 19.9 Å². The molecule has 0 saturated carbocycles. The van der Waals surface area contributed by atoms with E-state index in [1.54, 1.807) is 24.3 Å². The Bertz CT molecular complexity index is 543. The molecule has 98 valence electrons. The van der Waals surface area contributed by atoms with Gasteiger partial charge < -0.3 is 5.32 Å². The molecule has 1 aliphatic rings. The quantitative estimate of drug-likeness (QED) is 0.879. The minimum absolute atomic E-state index is 0.161. The van der Waals surface area contributed by atoms with Gasteiger partial charge in [0.1, 0.15) is 0 Å². The van der Waals surface area contributed by atoms with E-state index in [1.165, 1.54) is 0 Å². The molecule has 1 aliphatic heterocycles. The summed E-state index contributed by atoms with van der Waals surface area (Å²) in [5.74, 6) is -0.245. The number of carbonyl (C=O) groups is 2. The molecule has 0 bridgehead atoms. The van der Waals surface area contributed by atoms with Crippen LogP contribution in [-0.2, 0) is 4.79 Å². The van der Waals surface area contributed by atoms with E-state index in [2.05, 4.69) is 5.32 Å². The fraction of sp³-hybridized carbons (Fsp3) is 0.357. The first kappa shape index (κ1) is 13.1. The standard InChI is InChI=1S/C14H15N3O2/c1-9(2)12-8-16-14(19)17(13(12)18)11-5-3-10(7-15)4-6-11/h3-6,9,12H,8H2,1-2H3,(H,16,19). The summed E-state index contributed by atoms with van der Waals surface area (Å²) >= 11 is 0. The zero-order chi connectivity index (χ0) is 14.0. The van der Waals surface area contributed by atoms with Crippen molar-refractivity contribution < 1.29 is 9.59 Å². The predicted molar refractivity (Wildman–Crippen MR) is 70.4 cm³/mol. The van der Waals surface area contributed by atoms with Gasteiger partial charge in [0.25, 0.3) is 0 Å². The molecule has 1 saturated heterocycles. The van der Waals surface area contributed by atoms with Gasteiger partial charge in [0.05, 0.1) is 23.2 Å². The molecule has 1 fully saturated rings. The highest BCUT2D eigenvalue weighted by atomic mass is 16.2. The number of imide groups is 1. The third kappa shape index (κ3) is 2.43. The summed E-state index contributed by atoms with van der Waals surface area (Å²) in [5, 5.41) is 11.5. The summed E-state index contributed by atoms with van der Waals surface area (Å²) in [6.45, 7) is 4.29. The van der Waals surface area contributed by atoms with E-state index in [4.69, 9.17) is 5.26 Å². The largest absolute Gasteiger partial charge is 0.337 e. The van der Waals surface area contributed by atoms with Crippen molar-refractivity contribution in [1.82, 2.24) is 5.32 Å². The van der Waals surface area contributed by atoms with Crippen molar-refractivity contribution in [2.24, 2.45) is 11.8 Å². The van der Waals surface area contributed by atoms with Crippen molar-refractivity contribution in [1.29, 1.82) is 5.26 Å². The maximum absolute atomic E-state index is 12.3. The first-order valence-electron chi connectivity index (χ1n) is 6.16. The average molecular weight is 257 g/mol. The Morgan fingerprint density at radius 2 is 1.95 bits per heavy atom. The number of nitrogens with zero attached hydrogens (tertiary/aromatic N) is 2. The normalized spacial score (nSPS) is 19.3. The molecule has 0 radical (unpaired) electrons. The van der Waals surface area contributed by atoms with E-state index in [-0.39, 0.29) is 17.7 Å². The van der Waals surface area contributed by atoms with Crippen LogP contribution in [0.5, 0.6) is 0 Å². The highest BCUT2D eigenvalue weighted by Gasteiger charge is 2.36. The van der Waals surface area contributed by atoms with Gasteiger partial charge in [0.2, 0.25) is 5.91 Å². The molecule has 1 aromatic carbocycles. The molecule has 0 aliphatic carbocycles. The maximum atomic E-state index is 12.3. The van der Waals surface area contributed by atoms with Crippen molar-refractivity contribution in [2.45, 2.75) is 13.8 Å². The third-order valence-electron chi connectivity index (χ3n) is 3.27. The van der Waals surface area contributed by atoms with E-state index < -0.39 is 6.03 Å².